The maximum atomic E-state index is 12.6. The van der Waals surface area contributed by atoms with Crippen LogP contribution >= 0.6 is 0 Å². The average Bonchev–Trinajstić information content (AvgIpc) is 2.58. The SMILES string of the molecule is C=CCOc1cccc(NC(=O)c2ccccc2OCC(C)C)c1. The molecule has 0 heterocycles. The molecule has 0 saturated carbocycles. The van der Waals surface area contributed by atoms with Gasteiger partial charge in [-0.3, -0.25) is 4.79 Å². The Morgan fingerprint density at radius 2 is 1.96 bits per heavy atom. The van der Waals surface area contributed by atoms with E-state index in [4.69, 9.17) is 9.47 Å². The molecule has 1 N–H and O–H groups in total. The minimum Gasteiger partial charge on any atom is -0.492 e. The fraction of sp³-hybridized carbons (Fsp3) is 0.250. The fourth-order valence-corrected chi connectivity index (χ4v) is 2.05. The third kappa shape index (κ3) is 5.16. The molecular formula is C20H23NO3. The van der Waals surface area contributed by atoms with Crippen molar-refractivity contribution in [1.82, 2.24) is 0 Å². The molecule has 0 radical (unpaired) electrons. The predicted octanol–water partition coefficient (Wildman–Crippen LogP) is 4.54. The molecule has 0 unspecified atom stereocenters. The molecule has 0 aliphatic carbocycles. The van der Waals surface area contributed by atoms with Crippen molar-refractivity contribution in [2.24, 2.45) is 5.92 Å². The molecule has 4 nitrogen and oxygen atoms in total. The highest BCUT2D eigenvalue weighted by atomic mass is 16.5. The number of benzene rings is 2. The van der Waals surface area contributed by atoms with Crippen LogP contribution in [-0.4, -0.2) is 19.1 Å². The summed E-state index contributed by atoms with van der Waals surface area (Å²) in [6, 6.07) is 14.5. The molecule has 126 valence electrons. The zero-order chi connectivity index (χ0) is 17.4. The topological polar surface area (TPSA) is 47.6 Å². The van der Waals surface area contributed by atoms with Gasteiger partial charge >= 0.3 is 0 Å². The second-order valence-electron chi connectivity index (χ2n) is 5.78. The van der Waals surface area contributed by atoms with Gasteiger partial charge in [0.2, 0.25) is 0 Å². The molecule has 0 fully saturated rings. The zero-order valence-electron chi connectivity index (χ0n) is 14.1. The van der Waals surface area contributed by atoms with Gasteiger partial charge in [0.15, 0.2) is 0 Å². The number of carbonyl (C=O) groups is 1. The Kier molecular flexibility index (Phi) is 6.43. The standard InChI is InChI=1S/C20H23NO3/c1-4-12-23-17-9-7-8-16(13-17)21-20(22)18-10-5-6-11-19(18)24-14-15(2)3/h4-11,13,15H,1,12,14H2,2-3H3,(H,21,22). The highest BCUT2D eigenvalue weighted by Gasteiger charge is 2.13. The lowest BCUT2D eigenvalue weighted by molar-refractivity contribution is 0.102. The molecule has 0 aromatic heterocycles. The van der Waals surface area contributed by atoms with Gasteiger partial charge in [-0.25, -0.2) is 0 Å². The largest absolute Gasteiger partial charge is 0.492 e. The highest BCUT2D eigenvalue weighted by molar-refractivity contribution is 6.06. The van der Waals surface area contributed by atoms with Crippen LogP contribution in [0.5, 0.6) is 11.5 Å². The van der Waals surface area contributed by atoms with Gasteiger partial charge in [0.05, 0.1) is 12.2 Å². The Morgan fingerprint density at radius 3 is 2.71 bits per heavy atom. The van der Waals surface area contributed by atoms with Gasteiger partial charge in [-0.1, -0.05) is 44.7 Å². The maximum absolute atomic E-state index is 12.6. The summed E-state index contributed by atoms with van der Waals surface area (Å²) in [7, 11) is 0. The Labute approximate surface area is 143 Å². The quantitative estimate of drug-likeness (QED) is 0.725. The van der Waals surface area contributed by atoms with E-state index >= 15 is 0 Å². The van der Waals surface area contributed by atoms with Gasteiger partial charge < -0.3 is 14.8 Å². The lowest BCUT2D eigenvalue weighted by Crippen LogP contribution is -2.15. The molecular weight excluding hydrogens is 302 g/mol. The molecule has 0 atom stereocenters. The number of para-hydroxylation sites is 1. The maximum Gasteiger partial charge on any atom is 0.259 e. The first-order valence-electron chi connectivity index (χ1n) is 7.97. The second-order valence-corrected chi connectivity index (χ2v) is 5.78. The van der Waals surface area contributed by atoms with Crippen molar-refractivity contribution in [1.29, 1.82) is 0 Å². The fourth-order valence-electron chi connectivity index (χ4n) is 2.05. The van der Waals surface area contributed by atoms with Gasteiger partial charge in [-0.2, -0.15) is 0 Å². The Hall–Kier alpha value is -2.75. The van der Waals surface area contributed by atoms with Crippen LogP contribution in [0.4, 0.5) is 5.69 Å². The molecule has 1 amide bonds. The van der Waals surface area contributed by atoms with Gasteiger partial charge in [0.1, 0.15) is 18.1 Å². The normalized spacial score (nSPS) is 10.3. The van der Waals surface area contributed by atoms with Gasteiger partial charge in [-0.05, 0) is 30.2 Å². The first-order chi connectivity index (χ1) is 11.6. The summed E-state index contributed by atoms with van der Waals surface area (Å²) in [6.07, 6.45) is 1.67. The Morgan fingerprint density at radius 1 is 1.17 bits per heavy atom. The van der Waals surface area contributed by atoms with Crippen molar-refractivity contribution < 1.29 is 14.3 Å². The Balaban J connectivity index is 2.11. The zero-order valence-corrected chi connectivity index (χ0v) is 14.1. The van der Waals surface area contributed by atoms with Crippen LogP contribution in [0.15, 0.2) is 61.2 Å². The Bertz CT molecular complexity index is 695. The van der Waals surface area contributed by atoms with Crippen molar-refractivity contribution in [3.63, 3.8) is 0 Å². The number of carbonyl (C=O) groups excluding carboxylic acids is 1. The van der Waals surface area contributed by atoms with Gasteiger partial charge in [0, 0.05) is 11.8 Å². The number of ether oxygens (including phenoxy) is 2. The number of nitrogens with one attached hydrogen (secondary N) is 1. The molecule has 0 saturated heterocycles. The molecule has 2 aromatic rings. The van der Waals surface area contributed by atoms with Crippen molar-refractivity contribution in [3.05, 3.63) is 66.7 Å². The van der Waals surface area contributed by atoms with E-state index in [1.54, 1.807) is 24.3 Å². The lowest BCUT2D eigenvalue weighted by Gasteiger charge is -2.13. The van der Waals surface area contributed by atoms with E-state index in [0.717, 1.165) is 0 Å². The van der Waals surface area contributed by atoms with Gasteiger partial charge in [0.25, 0.3) is 5.91 Å². The molecule has 2 rings (SSSR count). The van der Waals surface area contributed by atoms with Crippen LogP contribution in [-0.2, 0) is 0 Å². The third-order valence-electron chi connectivity index (χ3n) is 3.16. The van der Waals surface area contributed by atoms with E-state index < -0.39 is 0 Å². The summed E-state index contributed by atoms with van der Waals surface area (Å²) in [5, 5.41) is 2.88. The molecule has 0 aliphatic heterocycles. The molecule has 0 bridgehead atoms. The lowest BCUT2D eigenvalue weighted by atomic mass is 10.1. The van der Waals surface area contributed by atoms with Crippen LogP contribution in [0.2, 0.25) is 0 Å². The van der Waals surface area contributed by atoms with Crippen LogP contribution in [0.3, 0.4) is 0 Å². The first kappa shape index (κ1) is 17.6. The van der Waals surface area contributed by atoms with Crippen molar-refractivity contribution in [2.45, 2.75) is 13.8 Å². The van der Waals surface area contributed by atoms with E-state index in [9.17, 15) is 4.79 Å². The summed E-state index contributed by atoms with van der Waals surface area (Å²) < 4.78 is 11.2. The van der Waals surface area contributed by atoms with Crippen LogP contribution in [0.25, 0.3) is 0 Å². The summed E-state index contributed by atoms with van der Waals surface area (Å²) in [6.45, 7) is 8.74. The molecule has 24 heavy (non-hydrogen) atoms. The molecule has 4 heteroatoms. The molecule has 0 spiro atoms. The van der Waals surface area contributed by atoms with E-state index in [1.807, 2.05) is 30.3 Å². The van der Waals surface area contributed by atoms with E-state index in [-0.39, 0.29) is 5.91 Å². The number of rotatable bonds is 8. The van der Waals surface area contributed by atoms with Crippen LogP contribution < -0.4 is 14.8 Å². The molecule has 0 aliphatic rings. The van der Waals surface area contributed by atoms with Crippen molar-refractivity contribution in [3.8, 4) is 11.5 Å². The number of hydrogen-bond donors (Lipinski definition) is 1. The predicted molar refractivity (Wildman–Crippen MR) is 96.9 cm³/mol. The minimum absolute atomic E-state index is 0.213. The first-order valence-corrected chi connectivity index (χ1v) is 7.97. The van der Waals surface area contributed by atoms with Crippen LogP contribution in [0, 0.1) is 5.92 Å². The minimum atomic E-state index is -0.213. The van der Waals surface area contributed by atoms with Crippen molar-refractivity contribution in [2.75, 3.05) is 18.5 Å². The summed E-state index contributed by atoms with van der Waals surface area (Å²) in [5.74, 6) is 1.44. The van der Waals surface area contributed by atoms with E-state index in [2.05, 4.69) is 25.7 Å². The van der Waals surface area contributed by atoms with Crippen molar-refractivity contribution >= 4 is 11.6 Å². The number of hydrogen-bond acceptors (Lipinski definition) is 3. The van der Waals surface area contributed by atoms with Gasteiger partial charge in [-0.15, -0.1) is 0 Å². The smallest absolute Gasteiger partial charge is 0.259 e. The van der Waals surface area contributed by atoms with E-state index in [0.29, 0.717) is 41.9 Å². The summed E-state index contributed by atoms with van der Waals surface area (Å²) in [5.41, 5.74) is 1.18. The number of amides is 1. The average molecular weight is 325 g/mol. The van der Waals surface area contributed by atoms with Crippen LogP contribution in [0.1, 0.15) is 24.2 Å². The second kappa shape index (κ2) is 8.77. The van der Waals surface area contributed by atoms with E-state index in [1.165, 1.54) is 0 Å². The third-order valence-corrected chi connectivity index (χ3v) is 3.16. The monoisotopic (exact) mass is 325 g/mol. The molecule has 2 aromatic carbocycles. The highest BCUT2D eigenvalue weighted by Crippen LogP contribution is 2.22. The summed E-state index contributed by atoms with van der Waals surface area (Å²) >= 11 is 0. The summed E-state index contributed by atoms with van der Waals surface area (Å²) in [4.78, 5) is 12.6. The number of anilines is 1.